The zero-order valence-corrected chi connectivity index (χ0v) is 9.81. The van der Waals surface area contributed by atoms with Gasteiger partial charge in [0.05, 0.1) is 0 Å². The Kier molecular flexibility index (Phi) is 2.90. The molecule has 0 spiro atoms. The van der Waals surface area contributed by atoms with Crippen LogP contribution in [0.15, 0.2) is 30.6 Å². The van der Waals surface area contributed by atoms with Crippen LogP contribution in [0.1, 0.15) is 13.8 Å². The van der Waals surface area contributed by atoms with E-state index in [0.717, 1.165) is 17.1 Å². The summed E-state index contributed by atoms with van der Waals surface area (Å²) in [6.45, 7) is 4.24. The minimum atomic E-state index is 0.398. The Morgan fingerprint density at radius 3 is 2.62 bits per heavy atom. The van der Waals surface area contributed by atoms with E-state index < -0.39 is 0 Å². The van der Waals surface area contributed by atoms with E-state index >= 15 is 0 Å². The Morgan fingerprint density at radius 2 is 2.00 bits per heavy atom. The first-order valence-electron chi connectivity index (χ1n) is 5.38. The summed E-state index contributed by atoms with van der Waals surface area (Å²) < 4.78 is 1.92. The van der Waals surface area contributed by atoms with Crippen LogP contribution in [0.3, 0.4) is 0 Å². The minimum absolute atomic E-state index is 0.398. The maximum absolute atomic E-state index is 4.13. The molecular weight excluding hydrogens is 200 g/mol. The van der Waals surface area contributed by atoms with Crippen molar-refractivity contribution in [3.63, 3.8) is 0 Å². The number of aromatic nitrogens is 3. The Morgan fingerprint density at radius 1 is 1.25 bits per heavy atom. The summed E-state index contributed by atoms with van der Waals surface area (Å²) in [4.78, 5) is 0. The van der Waals surface area contributed by atoms with Crippen LogP contribution in [-0.4, -0.2) is 20.8 Å². The summed E-state index contributed by atoms with van der Waals surface area (Å²) in [5.74, 6) is 0.878. The van der Waals surface area contributed by atoms with Gasteiger partial charge in [0.1, 0.15) is 6.33 Å². The second-order valence-corrected chi connectivity index (χ2v) is 4.11. The van der Waals surface area contributed by atoms with E-state index in [1.807, 2.05) is 23.7 Å². The lowest BCUT2D eigenvalue weighted by molar-refractivity contribution is 0.894. The van der Waals surface area contributed by atoms with Gasteiger partial charge in [0.2, 0.25) is 0 Å². The third kappa shape index (κ3) is 2.05. The van der Waals surface area contributed by atoms with Crippen molar-refractivity contribution in [1.82, 2.24) is 14.8 Å². The van der Waals surface area contributed by atoms with E-state index in [4.69, 9.17) is 0 Å². The molecule has 4 heteroatoms. The van der Waals surface area contributed by atoms with E-state index in [2.05, 4.69) is 41.5 Å². The van der Waals surface area contributed by atoms with Gasteiger partial charge in [0.15, 0.2) is 5.82 Å². The highest BCUT2D eigenvalue weighted by Crippen LogP contribution is 2.25. The van der Waals surface area contributed by atoms with E-state index in [1.165, 1.54) is 0 Å². The van der Waals surface area contributed by atoms with Gasteiger partial charge in [-0.3, -0.25) is 0 Å². The monoisotopic (exact) mass is 216 g/mol. The van der Waals surface area contributed by atoms with Crippen LogP contribution in [0, 0.1) is 0 Å². The molecule has 2 aromatic rings. The van der Waals surface area contributed by atoms with Crippen molar-refractivity contribution in [3.05, 3.63) is 30.6 Å². The van der Waals surface area contributed by atoms with Crippen LogP contribution in [0.4, 0.5) is 5.69 Å². The molecule has 0 saturated heterocycles. The van der Waals surface area contributed by atoms with Crippen LogP contribution in [0.2, 0.25) is 0 Å². The van der Waals surface area contributed by atoms with Gasteiger partial charge < -0.3 is 9.88 Å². The molecule has 16 heavy (non-hydrogen) atoms. The smallest absolute Gasteiger partial charge is 0.165 e. The maximum atomic E-state index is 4.13. The molecule has 0 atom stereocenters. The summed E-state index contributed by atoms with van der Waals surface area (Å²) in [6, 6.07) is 8.54. The quantitative estimate of drug-likeness (QED) is 0.856. The van der Waals surface area contributed by atoms with E-state index in [1.54, 1.807) is 6.33 Å². The molecule has 0 bridgehead atoms. The fraction of sp³-hybridized carbons (Fsp3) is 0.333. The third-order valence-electron chi connectivity index (χ3n) is 2.32. The number of hydrogen-bond donors (Lipinski definition) is 1. The lowest BCUT2D eigenvalue weighted by atomic mass is 10.1. The Hall–Kier alpha value is -1.84. The SMILES string of the molecule is CC(C)Nc1ccccc1-c1nncn1C. The van der Waals surface area contributed by atoms with Crippen molar-refractivity contribution in [2.75, 3.05) is 5.32 Å². The number of aryl methyl sites for hydroxylation is 1. The predicted octanol–water partition coefficient (Wildman–Crippen LogP) is 2.30. The van der Waals surface area contributed by atoms with Crippen molar-refractivity contribution in [2.45, 2.75) is 19.9 Å². The minimum Gasteiger partial charge on any atom is -0.382 e. The van der Waals surface area contributed by atoms with Crippen LogP contribution in [0.25, 0.3) is 11.4 Å². The Labute approximate surface area is 95.3 Å². The first kappa shape index (κ1) is 10.7. The molecule has 2 rings (SSSR count). The van der Waals surface area contributed by atoms with Crippen molar-refractivity contribution in [1.29, 1.82) is 0 Å². The second kappa shape index (κ2) is 4.35. The maximum Gasteiger partial charge on any atom is 0.165 e. The normalized spacial score (nSPS) is 10.8. The highest BCUT2D eigenvalue weighted by Gasteiger charge is 2.09. The van der Waals surface area contributed by atoms with Gasteiger partial charge in [-0.05, 0) is 26.0 Å². The molecule has 1 aromatic heterocycles. The first-order chi connectivity index (χ1) is 7.68. The Balaban J connectivity index is 2.44. The number of rotatable bonds is 3. The second-order valence-electron chi connectivity index (χ2n) is 4.11. The van der Waals surface area contributed by atoms with Crippen molar-refractivity contribution < 1.29 is 0 Å². The molecule has 1 N–H and O–H groups in total. The average molecular weight is 216 g/mol. The summed E-state index contributed by atoms with van der Waals surface area (Å²) in [5, 5.41) is 11.4. The van der Waals surface area contributed by atoms with Crippen LogP contribution < -0.4 is 5.32 Å². The number of nitrogens with zero attached hydrogens (tertiary/aromatic N) is 3. The standard InChI is InChI=1S/C12H16N4/c1-9(2)14-11-7-5-4-6-10(11)12-15-13-8-16(12)3/h4-9,14H,1-3H3. The summed E-state index contributed by atoms with van der Waals surface area (Å²) in [7, 11) is 1.95. The zero-order chi connectivity index (χ0) is 11.5. The zero-order valence-electron chi connectivity index (χ0n) is 9.81. The average Bonchev–Trinajstić information content (AvgIpc) is 2.64. The summed E-state index contributed by atoms with van der Waals surface area (Å²) >= 11 is 0. The molecule has 0 amide bonds. The van der Waals surface area contributed by atoms with Crippen molar-refractivity contribution in [2.24, 2.45) is 7.05 Å². The van der Waals surface area contributed by atoms with Crippen LogP contribution in [-0.2, 0) is 7.05 Å². The van der Waals surface area contributed by atoms with E-state index in [0.29, 0.717) is 6.04 Å². The topological polar surface area (TPSA) is 42.7 Å². The molecule has 84 valence electrons. The third-order valence-corrected chi connectivity index (χ3v) is 2.32. The molecule has 0 aliphatic carbocycles. The number of hydrogen-bond acceptors (Lipinski definition) is 3. The molecule has 1 aromatic carbocycles. The first-order valence-corrected chi connectivity index (χ1v) is 5.38. The fourth-order valence-corrected chi connectivity index (χ4v) is 1.64. The number of benzene rings is 1. The molecule has 0 aliphatic rings. The largest absolute Gasteiger partial charge is 0.382 e. The lowest BCUT2D eigenvalue weighted by Gasteiger charge is -2.13. The Bertz CT molecular complexity index is 473. The van der Waals surface area contributed by atoms with E-state index in [-0.39, 0.29) is 0 Å². The molecule has 0 saturated carbocycles. The summed E-state index contributed by atoms with van der Waals surface area (Å²) in [5.41, 5.74) is 2.17. The fourth-order valence-electron chi connectivity index (χ4n) is 1.64. The van der Waals surface area contributed by atoms with Crippen molar-refractivity contribution in [3.8, 4) is 11.4 Å². The van der Waals surface area contributed by atoms with Gasteiger partial charge >= 0.3 is 0 Å². The van der Waals surface area contributed by atoms with Crippen LogP contribution >= 0.6 is 0 Å². The molecule has 4 nitrogen and oxygen atoms in total. The number of nitrogens with one attached hydrogen (secondary N) is 1. The molecule has 1 heterocycles. The molecular formula is C12H16N4. The molecule has 0 radical (unpaired) electrons. The van der Waals surface area contributed by atoms with Crippen molar-refractivity contribution >= 4 is 5.69 Å². The highest BCUT2D eigenvalue weighted by atomic mass is 15.2. The number of para-hydroxylation sites is 1. The molecule has 0 aliphatic heterocycles. The van der Waals surface area contributed by atoms with Gasteiger partial charge in [-0.15, -0.1) is 10.2 Å². The van der Waals surface area contributed by atoms with E-state index in [9.17, 15) is 0 Å². The predicted molar refractivity (Wildman–Crippen MR) is 65.2 cm³/mol. The number of anilines is 1. The summed E-state index contributed by atoms with van der Waals surface area (Å²) in [6.07, 6.45) is 1.71. The van der Waals surface area contributed by atoms with Gasteiger partial charge in [-0.1, -0.05) is 12.1 Å². The van der Waals surface area contributed by atoms with Gasteiger partial charge in [-0.25, -0.2) is 0 Å². The van der Waals surface area contributed by atoms with Gasteiger partial charge in [0.25, 0.3) is 0 Å². The molecule has 0 fully saturated rings. The highest BCUT2D eigenvalue weighted by molar-refractivity contribution is 5.73. The van der Waals surface area contributed by atoms with Crippen LogP contribution in [0.5, 0.6) is 0 Å². The lowest BCUT2D eigenvalue weighted by Crippen LogP contribution is -2.11. The molecule has 0 unspecified atom stereocenters. The van der Waals surface area contributed by atoms with Gasteiger partial charge in [-0.2, -0.15) is 0 Å². The van der Waals surface area contributed by atoms with Gasteiger partial charge in [0, 0.05) is 24.3 Å².